The van der Waals surface area contributed by atoms with E-state index in [-0.39, 0.29) is 5.69 Å². The first-order valence-electron chi connectivity index (χ1n) is 7.84. The van der Waals surface area contributed by atoms with E-state index in [2.05, 4.69) is 20.5 Å². The van der Waals surface area contributed by atoms with Gasteiger partial charge >= 0.3 is 5.97 Å². The first-order valence-corrected chi connectivity index (χ1v) is 7.84. The Morgan fingerprint density at radius 2 is 1.96 bits per heavy atom. The predicted molar refractivity (Wildman–Crippen MR) is 97.0 cm³/mol. The van der Waals surface area contributed by atoms with E-state index in [0.717, 1.165) is 18.8 Å². The van der Waals surface area contributed by atoms with E-state index in [1.165, 1.54) is 7.11 Å². The van der Waals surface area contributed by atoms with Gasteiger partial charge in [-0.25, -0.2) is 4.79 Å². The standard InChI is InChI=1S/C18H22N4O3/c1-22(2)11-10-19-13-8-9-20-16(12-13)17(23)21-15-7-5-4-6-14(15)18(24)25-3/h4-9,12H,10-11H2,1-3H3,(H,19,20)(H,21,23). The predicted octanol–water partition coefficient (Wildman–Crippen LogP) is 2.09. The Hall–Kier alpha value is -2.93. The number of benzene rings is 1. The van der Waals surface area contributed by atoms with E-state index in [9.17, 15) is 9.59 Å². The van der Waals surface area contributed by atoms with Crippen LogP contribution >= 0.6 is 0 Å². The summed E-state index contributed by atoms with van der Waals surface area (Å²) < 4.78 is 4.73. The molecule has 0 radical (unpaired) electrons. The van der Waals surface area contributed by atoms with Crippen LogP contribution in [0, 0.1) is 0 Å². The molecule has 7 heteroatoms. The lowest BCUT2D eigenvalue weighted by Gasteiger charge is -2.12. The molecule has 0 aliphatic rings. The van der Waals surface area contributed by atoms with Gasteiger partial charge in [-0.2, -0.15) is 0 Å². The van der Waals surface area contributed by atoms with Crippen molar-refractivity contribution in [3.63, 3.8) is 0 Å². The maximum atomic E-state index is 12.4. The Bertz CT molecular complexity index is 747. The van der Waals surface area contributed by atoms with Crippen molar-refractivity contribution < 1.29 is 14.3 Å². The summed E-state index contributed by atoms with van der Waals surface area (Å²) in [6, 6.07) is 10.1. The summed E-state index contributed by atoms with van der Waals surface area (Å²) in [6.07, 6.45) is 1.57. The highest BCUT2D eigenvalue weighted by atomic mass is 16.5. The third-order valence-corrected chi connectivity index (χ3v) is 3.46. The van der Waals surface area contributed by atoms with Gasteiger partial charge in [-0.3, -0.25) is 9.78 Å². The van der Waals surface area contributed by atoms with E-state index in [1.807, 2.05) is 14.1 Å². The fourth-order valence-corrected chi connectivity index (χ4v) is 2.15. The second-order valence-electron chi connectivity index (χ2n) is 5.65. The van der Waals surface area contributed by atoms with Crippen molar-refractivity contribution in [2.24, 2.45) is 0 Å². The van der Waals surface area contributed by atoms with Crippen LogP contribution in [0.2, 0.25) is 0 Å². The fraction of sp³-hybridized carbons (Fsp3) is 0.278. The van der Waals surface area contributed by atoms with Crippen molar-refractivity contribution in [3.05, 3.63) is 53.9 Å². The molecule has 0 aliphatic carbocycles. The zero-order valence-electron chi connectivity index (χ0n) is 14.6. The molecule has 7 nitrogen and oxygen atoms in total. The minimum Gasteiger partial charge on any atom is -0.465 e. The Morgan fingerprint density at radius 1 is 1.20 bits per heavy atom. The highest BCUT2D eigenvalue weighted by Gasteiger charge is 2.15. The van der Waals surface area contributed by atoms with Gasteiger partial charge in [0, 0.05) is 25.0 Å². The van der Waals surface area contributed by atoms with Crippen LogP contribution in [0.25, 0.3) is 0 Å². The number of hydrogen-bond acceptors (Lipinski definition) is 6. The summed E-state index contributed by atoms with van der Waals surface area (Å²) >= 11 is 0. The van der Waals surface area contributed by atoms with Crippen LogP contribution in [-0.2, 0) is 4.74 Å². The molecule has 0 aliphatic heterocycles. The van der Waals surface area contributed by atoms with Gasteiger partial charge in [-0.1, -0.05) is 12.1 Å². The topological polar surface area (TPSA) is 83.6 Å². The minimum absolute atomic E-state index is 0.259. The number of aromatic nitrogens is 1. The first-order chi connectivity index (χ1) is 12.0. The van der Waals surface area contributed by atoms with Gasteiger partial charge in [0.05, 0.1) is 18.4 Å². The van der Waals surface area contributed by atoms with E-state index in [0.29, 0.717) is 11.3 Å². The third-order valence-electron chi connectivity index (χ3n) is 3.46. The number of carbonyl (C=O) groups excluding carboxylic acids is 2. The lowest BCUT2D eigenvalue weighted by molar-refractivity contribution is 0.0602. The summed E-state index contributed by atoms with van der Waals surface area (Å²) in [7, 11) is 5.28. The molecule has 0 bridgehead atoms. The number of rotatable bonds is 7. The second kappa shape index (κ2) is 8.79. The molecule has 25 heavy (non-hydrogen) atoms. The summed E-state index contributed by atoms with van der Waals surface area (Å²) in [4.78, 5) is 30.4. The van der Waals surface area contributed by atoms with E-state index >= 15 is 0 Å². The van der Waals surface area contributed by atoms with Crippen molar-refractivity contribution in [2.45, 2.75) is 0 Å². The van der Waals surface area contributed by atoms with E-state index in [4.69, 9.17) is 4.74 Å². The Labute approximate surface area is 147 Å². The zero-order valence-corrected chi connectivity index (χ0v) is 14.6. The molecule has 2 rings (SSSR count). The summed E-state index contributed by atoms with van der Waals surface area (Å²) in [5.41, 5.74) is 1.74. The molecular weight excluding hydrogens is 320 g/mol. The highest BCUT2D eigenvalue weighted by Crippen LogP contribution is 2.17. The average Bonchev–Trinajstić information content (AvgIpc) is 2.61. The van der Waals surface area contributed by atoms with Crippen LogP contribution in [0.1, 0.15) is 20.8 Å². The number of esters is 1. The van der Waals surface area contributed by atoms with Crippen molar-refractivity contribution in [2.75, 3.05) is 44.9 Å². The van der Waals surface area contributed by atoms with Crippen LogP contribution in [0.15, 0.2) is 42.6 Å². The van der Waals surface area contributed by atoms with Crippen molar-refractivity contribution in [1.82, 2.24) is 9.88 Å². The van der Waals surface area contributed by atoms with Gasteiger partial charge in [0.15, 0.2) is 0 Å². The van der Waals surface area contributed by atoms with Crippen LogP contribution in [0.5, 0.6) is 0 Å². The Kier molecular flexibility index (Phi) is 6.47. The monoisotopic (exact) mass is 342 g/mol. The SMILES string of the molecule is COC(=O)c1ccccc1NC(=O)c1cc(NCCN(C)C)ccn1. The number of pyridine rings is 1. The average molecular weight is 342 g/mol. The number of nitrogens with one attached hydrogen (secondary N) is 2. The molecule has 0 saturated heterocycles. The normalized spacial score (nSPS) is 10.4. The minimum atomic E-state index is -0.511. The van der Waals surface area contributed by atoms with Crippen LogP contribution in [0.3, 0.4) is 0 Å². The number of carbonyl (C=O) groups is 2. The number of ether oxygens (including phenoxy) is 1. The lowest BCUT2D eigenvalue weighted by atomic mass is 10.1. The molecule has 1 aromatic carbocycles. The number of likely N-dealkylation sites (N-methyl/N-ethyl adjacent to an activating group) is 1. The molecule has 0 spiro atoms. The largest absolute Gasteiger partial charge is 0.465 e. The second-order valence-corrected chi connectivity index (χ2v) is 5.65. The number of methoxy groups -OCH3 is 1. The van der Waals surface area contributed by atoms with E-state index < -0.39 is 11.9 Å². The molecule has 1 amide bonds. The number of amides is 1. The van der Waals surface area contributed by atoms with Gasteiger partial charge in [0.1, 0.15) is 5.69 Å². The molecular formula is C18H22N4O3. The number of anilines is 2. The van der Waals surface area contributed by atoms with Crippen molar-refractivity contribution in [1.29, 1.82) is 0 Å². The van der Waals surface area contributed by atoms with Crippen molar-refractivity contribution >= 4 is 23.3 Å². The molecule has 0 atom stereocenters. The number of hydrogen-bond donors (Lipinski definition) is 2. The molecule has 2 aromatic rings. The number of para-hydroxylation sites is 1. The van der Waals surface area contributed by atoms with Gasteiger partial charge in [-0.15, -0.1) is 0 Å². The number of nitrogens with zero attached hydrogens (tertiary/aromatic N) is 2. The summed E-state index contributed by atoms with van der Waals surface area (Å²) in [6.45, 7) is 1.62. The van der Waals surface area contributed by atoms with Gasteiger partial charge in [0.2, 0.25) is 0 Å². The molecule has 132 valence electrons. The van der Waals surface area contributed by atoms with E-state index in [1.54, 1.807) is 42.6 Å². The molecule has 1 aromatic heterocycles. The third kappa shape index (κ3) is 5.29. The summed E-state index contributed by atoms with van der Waals surface area (Å²) in [5, 5.41) is 5.94. The van der Waals surface area contributed by atoms with Crippen molar-refractivity contribution in [3.8, 4) is 0 Å². The first kappa shape index (κ1) is 18.4. The van der Waals surface area contributed by atoms with Gasteiger partial charge in [0.25, 0.3) is 5.91 Å². The summed E-state index contributed by atoms with van der Waals surface area (Å²) in [5.74, 6) is -0.907. The molecule has 0 unspecified atom stereocenters. The highest BCUT2D eigenvalue weighted by molar-refractivity contribution is 6.07. The maximum absolute atomic E-state index is 12.4. The smallest absolute Gasteiger partial charge is 0.339 e. The molecule has 1 heterocycles. The van der Waals surface area contributed by atoms with Crippen LogP contribution in [-0.4, -0.2) is 56.1 Å². The quantitative estimate of drug-likeness (QED) is 0.750. The van der Waals surface area contributed by atoms with Gasteiger partial charge in [-0.05, 0) is 38.4 Å². The zero-order chi connectivity index (χ0) is 18.2. The molecule has 0 fully saturated rings. The fourth-order valence-electron chi connectivity index (χ4n) is 2.15. The maximum Gasteiger partial charge on any atom is 0.339 e. The molecule has 2 N–H and O–H groups in total. The van der Waals surface area contributed by atoms with Gasteiger partial charge < -0.3 is 20.3 Å². The van der Waals surface area contributed by atoms with Crippen LogP contribution < -0.4 is 10.6 Å². The Morgan fingerprint density at radius 3 is 2.68 bits per heavy atom. The lowest BCUT2D eigenvalue weighted by Crippen LogP contribution is -2.21. The Balaban J connectivity index is 2.10. The van der Waals surface area contributed by atoms with Crippen LogP contribution in [0.4, 0.5) is 11.4 Å². The molecule has 0 saturated carbocycles.